The molecule has 4 aromatic rings. The van der Waals surface area contributed by atoms with Gasteiger partial charge in [-0.2, -0.15) is 0 Å². The van der Waals surface area contributed by atoms with E-state index in [-0.39, 0.29) is 5.91 Å². The second-order valence-electron chi connectivity index (χ2n) is 7.06. The van der Waals surface area contributed by atoms with Crippen molar-refractivity contribution in [2.75, 3.05) is 10.2 Å². The van der Waals surface area contributed by atoms with Crippen molar-refractivity contribution < 1.29 is 4.79 Å². The van der Waals surface area contributed by atoms with E-state index in [9.17, 15) is 4.79 Å². The van der Waals surface area contributed by atoms with E-state index in [0.29, 0.717) is 4.88 Å². The minimum absolute atomic E-state index is 0.104. The fourth-order valence-electron chi connectivity index (χ4n) is 3.27. The van der Waals surface area contributed by atoms with Crippen LogP contribution in [0.25, 0.3) is 0 Å². The van der Waals surface area contributed by atoms with Gasteiger partial charge >= 0.3 is 0 Å². The van der Waals surface area contributed by atoms with Gasteiger partial charge < -0.3 is 10.2 Å². The van der Waals surface area contributed by atoms with Crippen molar-refractivity contribution in [2.24, 2.45) is 0 Å². The van der Waals surface area contributed by atoms with Crippen LogP contribution in [-0.4, -0.2) is 10.9 Å². The van der Waals surface area contributed by atoms with Crippen LogP contribution >= 0.6 is 11.3 Å². The molecule has 2 aromatic heterocycles. The van der Waals surface area contributed by atoms with E-state index in [1.807, 2.05) is 48.7 Å². The highest BCUT2D eigenvalue weighted by molar-refractivity contribution is 7.12. The van der Waals surface area contributed by atoms with Gasteiger partial charge in [-0.1, -0.05) is 66.7 Å². The molecule has 0 atom stereocenters. The molecule has 30 heavy (non-hydrogen) atoms. The smallest absolute Gasteiger partial charge is 0.265 e. The second-order valence-corrected chi connectivity index (χ2v) is 8.01. The molecule has 0 aliphatic rings. The van der Waals surface area contributed by atoms with Crippen LogP contribution in [0.3, 0.4) is 0 Å². The van der Waals surface area contributed by atoms with Gasteiger partial charge in [0, 0.05) is 13.1 Å². The predicted octanol–water partition coefficient (Wildman–Crippen LogP) is 5.91. The lowest BCUT2D eigenvalue weighted by Crippen LogP contribution is -2.23. The molecular formula is C25H23N3OS. The third kappa shape index (κ3) is 4.93. The van der Waals surface area contributed by atoms with Crippen LogP contribution in [0.4, 0.5) is 11.5 Å². The molecule has 1 amide bonds. The van der Waals surface area contributed by atoms with Crippen molar-refractivity contribution in [3.63, 3.8) is 0 Å². The molecule has 1 N–H and O–H groups in total. The van der Waals surface area contributed by atoms with Gasteiger partial charge in [0.1, 0.15) is 5.82 Å². The van der Waals surface area contributed by atoms with Gasteiger partial charge in [0.2, 0.25) is 0 Å². The quantitative estimate of drug-likeness (QED) is 0.410. The lowest BCUT2D eigenvalue weighted by atomic mass is 10.1. The van der Waals surface area contributed by atoms with Crippen molar-refractivity contribution in [1.29, 1.82) is 0 Å². The molecule has 150 valence electrons. The molecule has 0 unspecified atom stereocenters. The van der Waals surface area contributed by atoms with Crippen molar-refractivity contribution in [2.45, 2.75) is 20.0 Å². The van der Waals surface area contributed by atoms with E-state index in [4.69, 9.17) is 4.98 Å². The highest BCUT2D eigenvalue weighted by atomic mass is 32.1. The molecule has 0 spiro atoms. The van der Waals surface area contributed by atoms with E-state index in [1.165, 1.54) is 22.5 Å². The number of nitrogens with zero attached hydrogens (tertiary/aromatic N) is 2. The summed E-state index contributed by atoms with van der Waals surface area (Å²) in [6, 6.07) is 28.4. The first-order valence-corrected chi connectivity index (χ1v) is 10.7. The summed E-state index contributed by atoms with van der Waals surface area (Å²) in [7, 11) is 0. The highest BCUT2D eigenvalue weighted by Gasteiger charge is 2.14. The third-order valence-corrected chi connectivity index (χ3v) is 5.69. The Morgan fingerprint density at radius 3 is 2.03 bits per heavy atom. The van der Waals surface area contributed by atoms with Crippen LogP contribution in [0.1, 0.15) is 26.5 Å². The average molecular weight is 414 g/mol. The topological polar surface area (TPSA) is 45.2 Å². The fraction of sp³-hybridized carbons (Fsp3) is 0.120. The molecular weight excluding hydrogens is 390 g/mol. The highest BCUT2D eigenvalue weighted by Crippen LogP contribution is 2.23. The van der Waals surface area contributed by atoms with E-state index >= 15 is 0 Å². The number of hydrogen-bond donors (Lipinski definition) is 1. The third-order valence-electron chi connectivity index (χ3n) is 4.82. The van der Waals surface area contributed by atoms with Crippen molar-refractivity contribution in [1.82, 2.24) is 4.98 Å². The fourth-order valence-corrected chi connectivity index (χ4v) is 3.89. The van der Waals surface area contributed by atoms with Gasteiger partial charge in [-0.25, -0.2) is 4.98 Å². The van der Waals surface area contributed by atoms with Crippen LogP contribution in [0.2, 0.25) is 0 Å². The lowest BCUT2D eigenvalue weighted by Gasteiger charge is -2.25. The lowest BCUT2D eigenvalue weighted by molar-refractivity contribution is 0.103. The number of anilines is 2. The molecule has 4 rings (SSSR count). The Kier molecular flexibility index (Phi) is 6.20. The number of carbonyl (C=O) groups is 1. The number of aryl methyl sites for hydroxylation is 1. The number of aromatic nitrogens is 1. The average Bonchev–Trinajstić information content (AvgIpc) is 3.31. The summed E-state index contributed by atoms with van der Waals surface area (Å²) in [4.78, 5) is 20.1. The summed E-state index contributed by atoms with van der Waals surface area (Å²) in [5.74, 6) is 0.780. The maximum atomic E-state index is 12.4. The number of nitrogens with one attached hydrogen (secondary N) is 1. The van der Waals surface area contributed by atoms with Crippen LogP contribution in [0, 0.1) is 6.92 Å². The zero-order valence-corrected chi connectivity index (χ0v) is 17.6. The number of carbonyl (C=O) groups excluding carboxylic acids is 1. The largest absolute Gasteiger partial charge is 0.348 e. The Bertz CT molecular complexity index is 1050. The van der Waals surface area contributed by atoms with Gasteiger partial charge in [-0.05, 0) is 41.6 Å². The first-order chi connectivity index (χ1) is 14.7. The molecule has 5 heteroatoms. The summed E-state index contributed by atoms with van der Waals surface area (Å²) in [5, 5.41) is 4.87. The van der Waals surface area contributed by atoms with Crippen molar-refractivity contribution in [3.05, 3.63) is 112 Å². The summed E-state index contributed by atoms with van der Waals surface area (Å²) in [5.41, 5.74) is 3.98. The van der Waals surface area contributed by atoms with Crippen LogP contribution < -0.4 is 10.2 Å². The minimum atomic E-state index is -0.104. The molecule has 0 aliphatic heterocycles. The Morgan fingerprint density at radius 1 is 0.867 bits per heavy atom. The summed E-state index contributed by atoms with van der Waals surface area (Å²) >= 11 is 1.43. The number of benzene rings is 2. The summed E-state index contributed by atoms with van der Waals surface area (Å²) < 4.78 is 0. The SMILES string of the molecule is Cc1nc(N(Cc2ccccc2)Cc2ccccc2)ccc1NC(=O)c1cccs1. The van der Waals surface area contributed by atoms with E-state index in [0.717, 1.165) is 30.3 Å². The Morgan fingerprint density at radius 2 is 1.50 bits per heavy atom. The molecule has 0 bridgehead atoms. The van der Waals surface area contributed by atoms with Crippen molar-refractivity contribution in [3.8, 4) is 0 Å². The molecule has 0 aliphatic carbocycles. The Balaban J connectivity index is 1.58. The van der Waals surface area contributed by atoms with Crippen LogP contribution in [0.5, 0.6) is 0 Å². The van der Waals surface area contributed by atoms with E-state index < -0.39 is 0 Å². The normalized spacial score (nSPS) is 10.6. The molecule has 2 aromatic carbocycles. The van der Waals surface area contributed by atoms with E-state index in [1.54, 1.807) is 0 Å². The molecule has 2 heterocycles. The standard InChI is InChI=1S/C25H23N3OS/c1-19-22(27-25(29)23-13-8-16-30-23)14-15-24(26-19)28(17-20-9-4-2-5-10-20)18-21-11-6-3-7-12-21/h2-16H,17-18H2,1H3,(H,27,29). The molecule has 0 saturated carbocycles. The summed E-state index contributed by atoms with van der Waals surface area (Å²) in [6.45, 7) is 3.43. The number of thiophene rings is 1. The van der Waals surface area contributed by atoms with Crippen LogP contribution in [0.15, 0.2) is 90.3 Å². The zero-order valence-electron chi connectivity index (χ0n) is 16.8. The monoisotopic (exact) mass is 413 g/mol. The number of amides is 1. The maximum Gasteiger partial charge on any atom is 0.265 e. The van der Waals surface area contributed by atoms with Gasteiger partial charge in [-0.3, -0.25) is 4.79 Å². The predicted molar refractivity (Wildman–Crippen MR) is 124 cm³/mol. The molecule has 0 saturated heterocycles. The number of hydrogen-bond acceptors (Lipinski definition) is 4. The maximum absolute atomic E-state index is 12.4. The Hall–Kier alpha value is -3.44. The Labute approximate surface area is 180 Å². The first-order valence-electron chi connectivity index (χ1n) is 9.84. The second kappa shape index (κ2) is 9.37. The van der Waals surface area contributed by atoms with Gasteiger partial charge in [0.15, 0.2) is 0 Å². The van der Waals surface area contributed by atoms with Crippen molar-refractivity contribution >= 4 is 28.7 Å². The van der Waals surface area contributed by atoms with Crippen LogP contribution in [-0.2, 0) is 13.1 Å². The van der Waals surface area contributed by atoms with Gasteiger partial charge in [0.05, 0.1) is 16.3 Å². The first kappa shape index (κ1) is 19.9. The van der Waals surface area contributed by atoms with Gasteiger partial charge in [-0.15, -0.1) is 11.3 Å². The minimum Gasteiger partial charge on any atom is -0.348 e. The molecule has 0 radical (unpaired) electrons. The summed E-state index contributed by atoms with van der Waals surface area (Å²) in [6.07, 6.45) is 0. The number of pyridine rings is 1. The van der Waals surface area contributed by atoms with Gasteiger partial charge in [0.25, 0.3) is 5.91 Å². The van der Waals surface area contributed by atoms with E-state index in [2.05, 4.69) is 58.7 Å². The zero-order chi connectivity index (χ0) is 20.8. The molecule has 4 nitrogen and oxygen atoms in total. The molecule has 0 fully saturated rings. The number of rotatable bonds is 7.